The largest absolute Gasteiger partial charge is 0.423 e. The van der Waals surface area contributed by atoms with Crippen molar-refractivity contribution in [2.75, 3.05) is 4.72 Å². The fourth-order valence-electron chi connectivity index (χ4n) is 2.39. The highest BCUT2D eigenvalue weighted by atomic mass is 32.2. The van der Waals surface area contributed by atoms with E-state index in [4.69, 9.17) is 4.42 Å². The molecular formula is C18H15NO5S. The van der Waals surface area contributed by atoms with Gasteiger partial charge in [0, 0.05) is 29.1 Å². The Hall–Kier alpha value is -2.93. The van der Waals surface area contributed by atoms with Crippen LogP contribution in [0.25, 0.3) is 11.0 Å². The van der Waals surface area contributed by atoms with Gasteiger partial charge in [-0.1, -0.05) is 19.1 Å². The normalized spacial score (nSPS) is 11.4. The summed E-state index contributed by atoms with van der Waals surface area (Å²) in [5, 5.41) is 0.498. The first-order chi connectivity index (χ1) is 11.9. The molecule has 0 unspecified atom stereocenters. The lowest BCUT2D eigenvalue weighted by atomic mass is 10.1. The molecule has 0 bridgehead atoms. The van der Waals surface area contributed by atoms with Gasteiger partial charge in [-0.15, -0.1) is 0 Å². The van der Waals surface area contributed by atoms with E-state index in [0.29, 0.717) is 28.6 Å². The zero-order valence-electron chi connectivity index (χ0n) is 13.4. The summed E-state index contributed by atoms with van der Waals surface area (Å²) in [6.07, 6.45) is 0.339. The summed E-state index contributed by atoms with van der Waals surface area (Å²) < 4.78 is 32.6. The number of sulfonamides is 1. The third-order valence-electron chi connectivity index (χ3n) is 3.66. The number of carbonyl (C=O) groups is 1. The Balaban J connectivity index is 1.95. The van der Waals surface area contributed by atoms with Gasteiger partial charge in [0.15, 0.2) is 5.78 Å². The molecule has 1 N–H and O–H groups in total. The molecule has 6 nitrogen and oxygen atoms in total. The van der Waals surface area contributed by atoms with Crippen molar-refractivity contribution in [3.8, 4) is 0 Å². The molecule has 0 atom stereocenters. The van der Waals surface area contributed by atoms with Crippen LogP contribution in [0.3, 0.4) is 0 Å². The number of rotatable bonds is 5. The summed E-state index contributed by atoms with van der Waals surface area (Å²) in [5.41, 5.74) is 0.558. The van der Waals surface area contributed by atoms with Gasteiger partial charge < -0.3 is 4.42 Å². The molecule has 0 saturated heterocycles. The molecule has 3 aromatic rings. The third-order valence-corrected chi connectivity index (χ3v) is 5.04. The van der Waals surface area contributed by atoms with Gasteiger partial charge in [-0.05, 0) is 36.4 Å². The molecule has 0 aliphatic heterocycles. The zero-order valence-corrected chi connectivity index (χ0v) is 14.2. The smallest absolute Gasteiger partial charge is 0.336 e. The molecule has 0 saturated carbocycles. The fourth-order valence-corrected chi connectivity index (χ4v) is 3.48. The molecule has 3 rings (SSSR count). The SMILES string of the molecule is CCC(=O)c1cccc(NS(=O)(=O)c2ccc3oc(=O)ccc3c2)c1. The summed E-state index contributed by atoms with van der Waals surface area (Å²) in [4.78, 5) is 23.0. The van der Waals surface area contributed by atoms with E-state index in [0.717, 1.165) is 0 Å². The zero-order chi connectivity index (χ0) is 18.0. The Morgan fingerprint density at radius 2 is 1.88 bits per heavy atom. The highest BCUT2D eigenvalue weighted by Crippen LogP contribution is 2.21. The van der Waals surface area contributed by atoms with Crippen molar-refractivity contribution in [2.45, 2.75) is 18.2 Å². The predicted octanol–water partition coefficient (Wildman–Crippen LogP) is 3.19. The van der Waals surface area contributed by atoms with Gasteiger partial charge in [-0.3, -0.25) is 9.52 Å². The first kappa shape index (κ1) is 16.9. The summed E-state index contributed by atoms with van der Waals surface area (Å²) in [6.45, 7) is 1.74. The van der Waals surface area contributed by atoms with Crippen LogP contribution in [0.2, 0.25) is 0 Å². The molecule has 0 spiro atoms. The number of benzene rings is 2. The average molecular weight is 357 g/mol. The standard InChI is InChI=1S/C18H15NO5S/c1-2-16(20)12-4-3-5-14(10-12)19-25(22,23)15-7-8-17-13(11-15)6-9-18(21)24-17/h3-11,19H,2H2,1H3. The summed E-state index contributed by atoms with van der Waals surface area (Å²) >= 11 is 0. The average Bonchev–Trinajstić information content (AvgIpc) is 2.60. The topological polar surface area (TPSA) is 93.4 Å². The maximum atomic E-state index is 12.6. The number of anilines is 1. The number of hydrogen-bond donors (Lipinski definition) is 1. The second kappa shape index (κ2) is 6.52. The van der Waals surface area contributed by atoms with Crippen LogP contribution in [-0.2, 0) is 10.0 Å². The van der Waals surface area contributed by atoms with Crippen molar-refractivity contribution in [3.05, 3.63) is 70.6 Å². The monoisotopic (exact) mass is 357 g/mol. The minimum absolute atomic E-state index is 0.0288. The second-order valence-corrected chi connectivity index (χ2v) is 7.10. The molecule has 0 radical (unpaired) electrons. The number of fused-ring (bicyclic) bond motifs is 1. The van der Waals surface area contributed by atoms with E-state index in [1.165, 1.54) is 36.4 Å². The van der Waals surface area contributed by atoms with E-state index in [1.54, 1.807) is 25.1 Å². The van der Waals surface area contributed by atoms with Crippen LogP contribution in [0, 0.1) is 0 Å². The molecular weight excluding hydrogens is 342 g/mol. The molecule has 0 fully saturated rings. The summed E-state index contributed by atoms with van der Waals surface area (Å²) in [5.74, 6) is -0.0678. The lowest BCUT2D eigenvalue weighted by Crippen LogP contribution is -2.13. The lowest BCUT2D eigenvalue weighted by molar-refractivity contribution is 0.0988. The van der Waals surface area contributed by atoms with Crippen LogP contribution < -0.4 is 10.3 Å². The van der Waals surface area contributed by atoms with E-state index in [2.05, 4.69) is 4.72 Å². The van der Waals surface area contributed by atoms with E-state index >= 15 is 0 Å². The predicted molar refractivity (Wildman–Crippen MR) is 94.4 cm³/mol. The Morgan fingerprint density at radius 3 is 2.64 bits per heavy atom. The van der Waals surface area contributed by atoms with Crippen molar-refractivity contribution in [1.82, 2.24) is 0 Å². The highest BCUT2D eigenvalue weighted by Gasteiger charge is 2.16. The van der Waals surface area contributed by atoms with Crippen LogP contribution in [0.15, 0.2) is 68.7 Å². The van der Waals surface area contributed by atoms with Gasteiger partial charge >= 0.3 is 5.63 Å². The third kappa shape index (κ3) is 3.61. The quantitative estimate of drug-likeness (QED) is 0.559. The summed E-state index contributed by atoms with van der Waals surface area (Å²) in [7, 11) is -3.85. The Labute approximate surface area is 144 Å². The van der Waals surface area contributed by atoms with Gasteiger partial charge in [-0.2, -0.15) is 0 Å². The van der Waals surface area contributed by atoms with Gasteiger partial charge in [0.05, 0.1) is 4.90 Å². The van der Waals surface area contributed by atoms with Gasteiger partial charge in [0.2, 0.25) is 0 Å². The molecule has 0 amide bonds. The first-order valence-corrected chi connectivity index (χ1v) is 9.07. The van der Waals surface area contributed by atoms with Crippen LogP contribution in [0.1, 0.15) is 23.7 Å². The van der Waals surface area contributed by atoms with E-state index in [9.17, 15) is 18.0 Å². The van der Waals surface area contributed by atoms with Crippen molar-refractivity contribution >= 4 is 32.5 Å². The van der Waals surface area contributed by atoms with Gasteiger partial charge in [-0.25, -0.2) is 13.2 Å². The minimum Gasteiger partial charge on any atom is -0.423 e. The molecule has 1 aromatic heterocycles. The molecule has 25 heavy (non-hydrogen) atoms. The van der Waals surface area contributed by atoms with Crippen LogP contribution in [0.4, 0.5) is 5.69 Å². The Bertz CT molecular complexity index is 1120. The molecule has 1 heterocycles. The number of ketones is 1. The first-order valence-electron chi connectivity index (χ1n) is 7.59. The van der Waals surface area contributed by atoms with E-state index < -0.39 is 15.6 Å². The second-order valence-electron chi connectivity index (χ2n) is 5.42. The van der Waals surface area contributed by atoms with E-state index in [-0.39, 0.29) is 10.7 Å². The van der Waals surface area contributed by atoms with Crippen LogP contribution in [0.5, 0.6) is 0 Å². The number of Topliss-reactive ketones (excluding diaryl/α,β-unsaturated/α-hetero) is 1. The van der Waals surface area contributed by atoms with Crippen molar-refractivity contribution in [1.29, 1.82) is 0 Å². The Kier molecular flexibility index (Phi) is 4.41. The van der Waals surface area contributed by atoms with E-state index in [1.807, 2.05) is 0 Å². The van der Waals surface area contributed by atoms with Gasteiger partial charge in [0.25, 0.3) is 10.0 Å². The highest BCUT2D eigenvalue weighted by molar-refractivity contribution is 7.92. The maximum Gasteiger partial charge on any atom is 0.336 e. The number of carbonyl (C=O) groups excluding carboxylic acids is 1. The molecule has 0 aliphatic rings. The Morgan fingerprint density at radius 1 is 1.08 bits per heavy atom. The van der Waals surface area contributed by atoms with Crippen LogP contribution in [-0.4, -0.2) is 14.2 Å². The lowest BCUT2D eigenvalue weighted by Gasteiger charge is -2.09. The van der Waals surface area contributed by atoms with Gasteiger partial charge in [0.1, 0.15) is 5.58 Å². The molecule has 2 aromatic carbocycles. The fraction of sp³-hybridized carbons (Fsp3) is 0.111. The molecule has 7 heteroatoms. The number of hydrogen-bond acceptors (Lipinski definition) is 5. The maximum absolute atomic E-state index is 12.6. The van der Waals surface area contributed by atoms with Crippen molar-refractivity contribution < 1.29 is 17.6 Å². The molecule has 0 aliphatic carbocycles. The van der Waals surface area contributed by atoms with Crippen molar-refractivity contribution in [2.24, 2.45) is 0 Å². The minimum atomic E-state index is -3.85. The van der Waals surface area contributed by atoms with Crippen molar-refractivity contribution in [3.63, 3.8) is 0 Å². The van der Waals surface area contributed by atoms with Crippen LogP contribution >= 0.6 is 0 Å². The summed E-state index contributed by atoms with van der Waals surface area (Å²) in [6, 6.07) is 13.3. The number of nitrogens with one attached hydrogen (secondary N) is 1. The molecule has 128 valence electrons.